The summed E-state index contributed by atoms with van der Waals surface area (Å²) in [6.07, 6.45) is 5.34. The SMILES string of the molecule is CCOc1nc(C)c2nc(-c3cncc(F)c3)n(Cc3ccc([C@@H]4CN5CCC4CC5)nc3C)c2n1. The molecule has 0 saturated carbocycles. The molecule has 0 aromatic carbocycles. The van der Waals surface area contributed by atoms with Gasteiger partial charge in [-0.15, -0.1) is 0 Å². The van der Waals surface area contributed by atoms with Crippen molar-refractivity contribution in [2.24, 2.45) is 5.92 Å². The standard InChI is InChI=1S/C27H30FN7O/c1-4-36-27-31-17(3)24-26(33-27)35(25(32-24)20-11-21(28)13-29-12-20)14-19-5-6-23(30-16(19)2)22-15-34-9-7-18(22)8-10-34/h5-6,11-13,18,22H,4,7-10,14-15H2,1-3H3/t22-/m1/s1. The fraction of sp³-hybridized carbons (Fsp3) is 0.444. The average molecular weight is 488 g/mol. The number of imidazole rings is 1. The Morgan fingerprint density at radius 2 is 1.86 bits per heavy atom. The second-order valence-electron chi connectivity index (χ2n) is 9.84. The van der Waals surface area contributed by atoms with E-state index in [-0.39, 0.29) is 0 Å². The summed E-state index contributed by atoms with van der Waals surface area (Å²) in [6, 6.07) is 6.11. The van der Waals surface area contributed by atoms with Crippen molar-refractivity contribution >= 4 is 11.2 Å². The minimum absolute atomic E-state index is 0.306. The molecule has 3 aliphatic heterocycles. The summed E-state index contributed by atoms with van der Waals surface area (Å²) >= 11 is 0. The largest absolute Gasteiger partial charge is 0.464 e. The number of ether oxygens (including phenoxy) is 1. The quantitative estimate of drug-likeness (QED) is 0.401. The molecule has 4 aromatic heterocycles. The van der Waals surface area contributed by atoms with Gasteiger partial charge >= 0.3 is 6.01 Å². The first-order valence-corrected chi connectivity index (χ1v) is 12.7. The lowest BCUT2D eigenvalue weighted by Gasteiger charge is -2.44. The highest BCUT2D eigenvalue weighted by Gasteiger charge is 2.35. The molecule has 186 valence electrons. The molecule has 2 bridgehead atoms. The van der Waals surface area contributed by atoms with Gasteiger partial charge < -0.3 is 14.2 Å². The number of hydrogen-bond acceptors (Lipinski definition) is 7. The normalized spacial score (nSPS) is 21.3. The minimum atomic E-state index is -0.413. The van der Waals surface area contributed by atoms with Crippen LogP contribution < -0.4 is 4.74 Å². The maximum absolute atomic E-state index is 14.1. The van der Waals surface area contributed by atoms with E-state index in [1.54, 1.807) is 6.20 Å². The van der Waals surface area contributed by atoms with Crippen LogP contribution in [0.2, 0.25) is 0 Å². The molecule has 0 radical (unpaired) electrons. The van der Waals surface area contributed by atoms with Crippen LogP contribution in [-0.4, -0.2) is 60.6 Å². The van der Waals surface area contributed by atoms with E-state index in [4.69, 9.17) is 14.7 Å². The first-order valence-electron chi connectivity index (χ1n) is 12.7. The molecule has 0 amide bonds. The van der Waals surface area contributed by atoms with Crippen LogP contribution in [0, 0.1) is 25.6 Å². The van der Waals surface area contributed by atoms with Gasteiger partial charge in [0.15, 0.2) is 5.65 Å². The monoisotopic (exact) mass is 487 g/mol. The summed E-state index contributed by atoms with van der Waals surface area (Å²) in [5, 5.41) is 0. The molecule has 9 heteroatoms. The van der Waals surface area contributed by atoms with Crippen molar-refractivity contribution in [3.05, 3.63) is 59.1 Å². The Labute approximate surface area is 209 Å². The highest BCUT2D eigenvalue weighted by Crippen LogP contribution is 2.38. The maximum atomic E-state index is 14.1. The summed E-state index contributed by atoms with van der Waals surface area (Å²) in [5.74, 6) is 1.41. The number of rotatable bonds is 6. The zero-order chi connectivity index (χ0) is 24.8. The Kier molecular flexibility index (Phi) is 5.87. The van der Waals surface area contributed by atoms with Gasteiger partial charge in [0.1, 0.15) is 17.2 Å². The van der Waals surface area contributed by atoms with E-state index >= 15 is 0 Å². The van der Waals surface area contributed by atoms with E-state index < -0.39 is 5.82 Å². The number of piperidine rings is 3. The number of hydrogen-bond donors (Lipinski definition) is 0. The van der Waals surface area contributed by atoms with Gasteiger partial charge in [0.25, 0.3) is 0 Å². The van der Waals surface area contributed by atoms with Crippen molar-refractivity contribution in [1.82, 2.24) is 34.4 Å². The van der Waals surface area contributed by atoms with Crippen LogP contribution in [0.25, 0.3) is 22.6 Å². The predicted octanol–water partition coefficient (Wildman–Crippen LogP) is 4.30. The van der Waals surface area contributed by atoms with E-state index in [1.165, 1.54) is 43.9 Å². The summed E-state index contributed by atoms with van der Waals surface area (Å²) in [4.78, 5) is 25.6. The smallest absolute Gasteiger partial charge is 0.318 e. The van der Waals surface area contributed by atoms with Gasteiger partial charge in [-0.25, -0.2) is 9.37 Å². The van der Waals surface area contributed by atoms with Gasteiger partial charge in [-0.1, -0.05) is 6.07 Å². The number of nitrogens with zero attached hydrogens (tertiary/aromatic N) is 7. The predicted molar refractivity (Wildman–Crippen MR) is 134 cm³/mol. The number of aromatic nitrogens is 6. The highest BCUT2D eigenvalue weighted by atomic mass is 19.1. The van der Waals surface area contributed by atoms with Crippen molar-refractivity contribution in [3.8, 4) is 17.4 Å². The summed E-state index contributed by atoms with van der Waals surface area (Å²) < 4.78 is 21.7. The lowest BCUT2D eigenvalue weighted by atomic mass is 9.77. The van der Waals surface area contributed by atoms with Crippen LogP contribution >= 0.6 is 0 Å². The zero-order valence-electron chi connectivity index (χ0n) is 20.9. The van der Waals surface area contributed by atoms with Crippen molar-refractivity contribution in [3.63, 3.8) is 0 Å². The Morgan fingerprint density at radius 3 is 2.56 bits per heavy atom. The second-order valence-corrected chi connectivity index (χ2v) is 9.84. The fourth-order valence-electron chi connectivity index (χ4n) is 5.66. The molecule has 36 heavy (non-hydrogen) atoms. The Morgan fingerprint density at radius 1 is 1.03 bits per heavy atom. The molecule has 7 heterocycles. The van der Waals surface area contributed by atoms with Gasteiger partial charge in [0, 0.05) is 35.6 Å². The molecule has 7 rings (SSSR count). The molecule has 0 unspecified atom stereocenters. The lowest BCUT2D eigenvalue weighted by molar-refractivity contribution is 0.0854. The Balaban J connectivity index is 1.42. The van der Waals surface area contributed by atoms with Crippen LogP contribution in [0.3, 0.4) is 0 Å². The van der Waals surface area contributed by atoms with Gasteiger partial charge in [0.2, 0.25) is 0 Å². The fourth-order valence-corrected chi connectivity index (χ4v) is 5.66. The van der Waals surface area contributed by atoms with E-state index in [0.717, 1.165) is 23.7 Å². The van der Waals surface area contributed by atoms with Gasteiger partial charge in [-0.2, -0.15) is 9.97 Å². The van der Waals surface area contributed by atoms with E-state index in [2.05, 4.69) is 38.9 Å². The molecule has 3 aliphatic rings. The minimum Gasteiger partial charge on any atom is -0.464 e. The molecule has 0 N–H and O–H groups in total. The lowest BCUT2D eigenvalue weighted by Crippen LogP contribution is -2.46. The van der Waals surface area contributed by atoms with Crippen LogP contribution in [0.15, 0.2) is 30.6 Å². The first kappa shape index (κ1) is 23.0. The van der Waals surface area contributed by atoms with Gasteiger partial charge in [0.05, 0.1) is 25.0 Å². The average Bonchev–Trinajstić information content (AvgIpc) is 3.25. The van der Waals surface area contributed by atoms with Crippen LogP contribution in [0.5, 0.6) is 6.01 Å². The maximum Gasteiger partial charge on any atom is 0.318 e. The van der Waals surface area contributed by atoms with E-state index in [1.807, 2.05) is 18.4 Å². The van der Waals surface area contributed by atoms with Crippen molar-refractivity contribution < 1.29 is 9.13 Å². The molecule has 1 atom stereocenters. The molecule has 4 aromatic rings. The Bertz CT molecular complexity index is 1430. The Hall–Kier alpha value is -3.46. The first-order chi connectivity index (χ1) is 17.5. The zero-order valence-corrected chi connectivity index (χ0v) is 20.9. The third-order valence-corrected chi connectivity index (χ3v) is 7.57. The van der Waals surface area contributed by atoms with Gasteiger partial charge in [-0.05, 0) is 70.3 Å². The molecular weight excluding hydrogens is 457 g/mol. The summed E-state index contributed by atoms with van der Waals surface area (Å²) in [7, 11) is 0. The van der Waals surface area contributed by atoms with Crippen molar-refractivity contribution in [2.75, 3.05) is 26.2 Å². The highest BCUT2D eigenvalue weighted by molar-refractivity contribution is 5.79. The molecule has 3 fully saturated rings. The third-order valence-electron chi connectivity index (χ3n) is 7.57. The molecule has 8 nitrogen and oxygen atoms in total. The van der Waals surface area contributed by atoms with Crippen LogP contribution in [0.1, 0.15) is 48.3 Å². The topological polar surface area (TPSA) is 81.9 Å². The van der Waals surface area contributed by atoms with Gasteiger partial charge in [-0.3, -0.25) is 9.97 Å². The van der Waals surface area contributed by atoms with Crippen LogP contribution in [-0.2, 0) is 6.54 Å². The molecule has 0 aliphatic carbocycles. The van der Waals surface area contributed by atoms with E-state index in [0.29, 0.717) is 53.3 Å². The number of pyridine rings is 2. The van der Waals surface area contributed by atoms with Crippen LogP contribution in [0.4, 0.5) is 4.39 Å². The molecular formula is C27H30FN7O. The number of fused-ring (bicyclic) bond motifs is 4. The van der Waals surface area contributed by atoms with E-state index in [9.17, 15) is 4.39 Å². The molecule has 0 spiro atoms. The molecule has 3 saturated heterocycles. The summed E-state index contributed by atoms with van der Waals surface area (Å²) in [6.45, 7) is 10.3. The number of halogens is 1. The second kappa shape index (κ2) is 9.20. The third kappa shape index (κ3) is 4.11. The summed E-state index contributed by atoms with van der Waals surface area (Å²) in [5.41, 5.74) is 5.84. The number of aryl methyl sites for hydroxylation is 2. The van der Waals surface area contributed by atoms with Crippen molar-refractivity contribution in [1.29, 1.82) is 0 Å². The van der Waals surface area contributed by atoms with Crippen molar-refractivity contribution in [2.45, 2.75) is 46.1 Å².